The lowest BCUT2D eigenvalue weighted by Gasteiger charge is -2.26. The van der Waals surface area contributed by atoms with Gasteiger partial charge in [0, 0.05) is 30.9 Å². The zero-order valence-corrected chi connectivity index (χ0v) is 11.9. The summed E-state index contributed by atoms with van der Waals surface area (Å²) < 4.78 is 28.1. The van der Waals surface area contributed by atoms with Crippen molar-refractivity contribution in [2.75, 3.05) is 6.54 Å². The Balaban J connectivity index is 1.90. The Kier molecular flexibility index (Phi) is 3.11. The van der Waals surface area contributed by atoms with Gasteiger partial charge < -0.3 is 9.67 Å². The van der Waals surface area contributed by atoms with Crippen LogP contribution in [0.1, 0.15) is 15.5 Å². The van der Waals surface area contributed by atoms with Gasteiger partial charge in [0.25, 0.3) is 0 Å². The Bertz CT molecular complexity index is 762. The minimum Gasteiger partial charge on any atom is -0.477 e. The van der Waals surface area contributed by atoms with Crippen molar-refractivity contribution in [1.29, 1.82) is 0 Å². The molecule has 0 saturated heterocycles. The summed E-state index contributed by atoms with van der Waals surface area (Å²) in [4.78, 5) is 15.0. The molecule has 0 fully saturated rings. The highest BCUT2D eigenvalue weighted by Gasteiger charge is 2.30. The van der Waals surface area contributed by atoms with Crippen molar-refractivity contribution in [3.8, 4) is 0 Å². The van der Waals surface area contributed by atoms with Gasteiger partial charge in [-0.2, -0.15) is 4.31 Å². The largest absolute Gasteiger partial charge is 0.477 e. The molecule has 1 aliphatic rings. The SMILES string of the molecule is O=C(O)c1cc(S(=O)(=O)N2CCn3ccnc3C2)cs1. The van der Waals surface area contributed by atoms with E-state index in [2.05, 4.69) is 4.98 Å². The van der Waals surface area contributed by atoms with Crippen LogP contribution in [-0.4, -0.2) is 39.9 Å². The van der Waals surface area contributed by atoms with E-state index >= 15 is 0 Å². The molecule has 20 heavy (non-hydrogen) atoms. The maximum absolute atomic E-state index is 12.5. The Morgan fingerprint density at radius 2 is 2.20 bits per heavy atom. The molecule has 3 heterocycles. The van der Waals surface area contributed by atoms with E-state index in [0.29, 0.717) is 18.9 Å². The van der Waals surface area contributed by atoms with Crippen LogP contribution in [0.2, 0.25) is 0 Å². The number of aromatic carboxylic acids is 1. The molecule has 2 aromatic rings. The predicted molar refractivity (Wildman–Crippen MR) is 71.1 cm³/mol. The third-order valence-electron chi connectivity index (χ3n) is 3.13. The summed E-state index contributed by atoms with van der Waals surface area (Å²) in [5.41, 5.74) is 0. The molecular weight excluding hydrogens is 302 g/mol. The van der Waals surface area contributed by atoms with Crippen molar-refractivity contribution in [3.05, 3.63) is 34.5 Å². The topological polar surface area (TPSA) is 92.5 Å². The number of nitrogens with zero attached hydrogens (tertiary/aromatic N) is 3. The van der Waals surface area contributed by atoms with Gasteiger partial charge in [0.05, 0.1) is 11.4 Å². The fourth-order valence-corrected chi connectivity index (χ4v) is 4.56. The molecule has 0 aliphatic carbocycles. The first-order valence-electron chi connectivity index (χ1n) is 5.80. The van der Waals surface area contributed by atoms with Crippen LogP contribution in [0.3, 0.4) is 0 Å². The van der Waals surface area contributed by atoms with Crippen molar-refractivity contribution in [3.63, 3.8) is 0 Å². The van der Waals surface area contributed by atoms with Crippen molar-refractivity contribution in [1.82, 2.24) is 13.9 Å². The lowest BCUT2D eigenvalue weighted by molar-refractivity contribution is 0.0702. The summed E-state index contributed by atoms with van der Waals surface area (Å²) in [6, 6.07) is 1.20. The zero-order valence-electron chi connectivity index (χ0n) is 10.3. The Morgan fingerprint density at radius 1 is 1.40 bits per heavy atom. The van der Waals surface area contributed by atoms with E-state index < -0.39 is 16.0 Å². The van der Waals surface area contributed by atoms with Crippen LogP contribution >= 0.6 is 11.3 Å². The minimum atomic E-state index is -3.67. The highest BCUT2D eigenvalue weighted by molar-refractivity contribution is 7.89. The molecule has 0 amide bonds. The summed E-state index contributed by atoms with van der Waals surface area (Å²) >= 11 is 0.910. The summed E-state index contributed by atoms with van der Waals surface area (Å²) in [7, 11) is -3.67. The normalized spacial score (nSPS) is 16.0. The van der Waals surface area contributed by atoms with Gasteiger partial charge in [0.1, 0.15) is 10.7 Å². The van der Waals surface area contributed by atoms with E-state index in [1.807, 2.05) is 10.8 Å². The number of hydrogen-bond donors (Lipinski definition) is 1. The van der Waals surface area contributed by atoms with E-state index in [9.17, 15) is 13.2 Å². The maximum Gasteiger partial charge on any atom is 0.345 e. The number of carboxylic acids is 1. The van der Waals surface area contributed by atoms with Crippen LogP contribution < -0.4 is 0 Å². The first-order chi connectivity index (χ1) is 9.48. The molecule has 9 heteroatoms. The van der Waals surface area contributed by atoms with E-state index in [1.165, 1.54) is 15.8 Å². The predicted octanol–water partition coefficient (Wildman–Crippen LogP) is 0.847. The maximum atomic E-state index is 12.5. The van der Waals surface area contributed by atoms with Crippen molar-refractivity contribution < 1.29 is 18.3 Å². The highest BCUT2D eigenvalue weighted by atomic mass is 32.2. The summed E-state index contributed by atoms with van der Waals surface area (Å²) in [6.45, 7) is 1.10. The molecule has 1 N–H and O–H groups in total. The van der Waals surface area contributed by atoms with Gasteiger partial charge in [-0.3, -0.25) is 0 Å². The standard InChI is InChI=1S/C11H11N3O4S2/c15-11(16)9-5-8(7-19-9)20(17,18)14-4-3-13-2-1-12-10(13)6-14/h1-2,5,7H,3-4,6H2,(H,15,16). The van der Waals surface area contributed by atoms with Crippen molar-refractivity contribution >= 4 is 27.3 Å². The zero-order chi connectivity index (χ0) is 14.3. The van der Waals surface area contributed by atoms with Crippen LogP contribution in [0.5, 0.6) is 0 Å². The third-order valence-corrected chi connectivity index (χ3v) is 6.02. The monoisotopic (exact) mass is 313 g/mol. The quantitative estimate of drug-likeness (QED) is 0.906. The molecule has 0 aromatic carbocycles. The van der Waals surface area contributed by atoms with Crippen LogP contribution in [0.25, 0.3) is 0 Å². The first kappa shape index (κ1) is 13.3. The number of fused-ring (bicyclic) bond motifs is 1. The summed E-state index contributed by atoms with van der Waals surface area (Å²) in [5, 5.41) is 10.2. The minimum absolute atomic E-state index is 0.0158. The van der Waals surface area contributed by atoms with Gasteiger partial charge in [0.15, 0.2) is 0 Å². The highest BCUT2D eigenvalue weighted by Crippen LogP contribution is 2.25. The molecular formula is C11H11N3O4S2. The third kappa shape index (κ3) is 2.13. The van der Waals surface area contributed by atoms with Crippen molar-refractivity contribution in [2.24, 2.45) is 0 Å². The van der Waals surface area contributed by atoms with Gasteiger partial charge >= 0.3 is 5.97 Å². The Hall–Kier alpha value is -1.71. The van der Waals surface area contributed by atoms with Crippen molar-refractivity contribution in [2.45, 2.75) is 18.0 Å². The van der Waals surface area contributed by atoms with Gasteiger partial charge in [-0.25, -0.2) is 18.2 Å². The van der Waals surface area contributed by atoms with Crippen LogP contribution in [0.4, 0.5) is 0 Å². The van der Waals surface area contributed by atoms with Crippen LogP contribution in [-0.2, 0) is 23.1 Å². The first-order valence-corrected chi connectivity index (χ1v) is 8.12. The molecule has 1 aliphatic heterocycles. The van der Waals surface area contributed by atoms with Crippen LogP contribution in [0, 0.1) is 0 Å². The number of imidazole rings is 1. The van der Waals surface area contributed by atoms with Crippen LogP contribution in [0.15, 0.2) is 28.7 Å². The fraction of sp³-hybridized carbons (Fsp3) is 0.273. The second-order valence-electron chi connectivity index (χ2n) is 4.33. The molecule has 7 nitrogen and oxygen atoms in total. The number of hydrogen-bond acceptors (Lipinski definition) is 5. The fourth-order valence-electron chi connectivity index (χ4n) is 2.07. The lowest BCUT2D eigenvalue weighted by Crippen LogP contribution is -2.38. The van der Waals surface area contributed by atoms with Gasteiger partial charge in [-0.05, 0) is 6.07 Å². The summed E-state index contributed by atoms with van der Waals surface area (Å²) in [6.07, 6.45) is 3.45. The van der Waals surface area contributed by atoms with E-state index in [-0.39, 0.29) is 16.3 Å². The number of carbonyl (C=O) groups is 1. The average Bonchev–Trinajstić information content (AvgIpc) is 3.07. The molecule has 0 atom stereocenters. The number of carboxylic acid groups (broad SMARTS) is 1. The molecule has 2 aromatic heterocycles. The number of aromatic nitrogens is 2. The molecule has 0 saturated carbocycles. The molecule has 0 unspecified atom stereocenters. The Morgan fingerprint density at radius 3 is 2.90 bits per heavy atom. The molecule has 0 bridgehead atoms. The summed E-state index contributed by atoms with van der Waals surface area (Å²) in [5.74, 6) is -0.431. The van der Waals surface area contributed by atoms with Gasteiger partial charge in [-0.15, -0.1) is 11.3 Å². The lowest BCUT2D eigenvalue weighted by atomic mass is 10.4. The second kappa shape index (κ2) is 4.69. The average molecular weight is 313 g/mol. The molecule has 0 spiro atoms. The number of rotatable bonds is 3. The number of sulfonamides is 1. The smallest absolute Gasteiger partial charge is 0.345 e. The van der Waals surface area contributed by atoms with E-state index in [1.54, 1.807) is 6.20 Å². The molecule has 106 valence electrons. The molecule has 0 radical (unpaired) electrons. The van der Waals surface area contributed by atoms with Gasteiger partial charge in [-0.1, -0.05) is 0 Å². The molecule has 3 rings (SSSR count). The van der Waals surface area contributed by atoms with E-state index in [4.69, 9.17) is 5.11 Å². The van der Waals surface area contributed by atoms with Gasteiger partial charge in [0.2, 0.25) is 10.0 Å². The second-order valence-corrected chi connectivity index (χ2v) is 7.18. The number of thiophene rings is 1. The Labute approximate surface area is 119 Å². The van der Waals surface area contributed by atoms with E-state index in [0.717, 1.165) is 11.3 Å².